The van der Waals surface area contributed by atoms with Crippen molar-refractivity contribution in [3.63, 3.8) is 0 Å². The first kappa shape index (κ1) is 16.7. The molecule has 0 spiro atoms. The molecule has 0 aliphatic carbocycles. The minimum Gasteiger partial charge on any atom is -0.322 e. The Morgan fingerprint density at radius 3 is 2.41 bits per heavy atom. The number of urea groups is 1. The van der Waals surface area contributed by atoms with Crippen molar-refractivity contribution in [2.75, 3.05) is 31.5 Å². The van der Waals surface area contributed by atoms with Crippen molar-refractivity contribution in [3.05, 3.63) is 12.3 Å². The van der Waals surface area contributed by atoms with Gasteiger partial charge in [-0.15, -0.1) is 0 Å². The van der Waals surface area contributed by atoms with Crippen LogP contribution in [0.2, 0.25) is 0 Å². The number of aromatic nitrogens is 2. The van der Waals surface area contributed by atoms with E-state index < -0.39 is 10.2 Å². The van der Waals surface area contributed by atoms with Crippen molar-refractivity contribution >= 4 is 22.1 Å². The van der Waals surface area contributed by atoms with Gasteiger partial charge in [-0.05, 0) is 13.8 Å². The van der Waals surface area contributed by atoms with Crippen LogP contribution in [0.25, 0.3) is 0 Å². The van der Waals surface area contributed by atoms with E-state index >= 15 is 0 Å². The van der Waals surface area contributed by atoms with Crippen LogP contribution in [-0.2, 0) is 17.3 Å². The van der Waals surface area contributed by atoms with Crippen LogP contribution in [-0.4, -0.2) is 65.7 Å². The normalized spacial score (nSPS) is 17.0. The lowest BCUT2D eigenvalue weighted by Gasteiger charge is -2.34. The molecule has 22 heavy (non-hydrogen) atoms. The number of hydrogen-bond donors (Lipinski definition) is 2. The van der Waals surface area contributed by atoms with E-state index in [9.17, 15) is 13.2 Å². The average Bonchev–Trinajstić information content (AvgIpc) is 2.83. The third-order valence-electron chi connectivity index (χ3n) is 3.20. The number of carbonyl (C=O) groups is 1. The fourth-order valence-corrected chi connectivity index (χ4v) is 3.56. The Labute approximate surface area is 130 Å². The summed E-state index contributed by atoms with van der Waals surface area (Å²) < 4.78 is 29.6. The molecule has 0 radical (unpaired) electrons. The standard InChI is InChI=1S/C12H22N6O3S/c1-10(2)15-22(20,21)18-8-6-17(7-9-18)12(19)13-11-4-5-16(3)14-11/h4-5,10,15H,6-9H2,1-3H3,(H,13,14,19). The Kier molecular flexibility index (Phi) is 5.04. The van der Waals surface area contributed by atoms with Crippen LogP contribution in [0.15, 0.2) is 12.3 Å². The summed E-state index contributed by atoms with van der Waals surface area (Å²) in [6.45, 7) is 4.78. The molecule has 0 aromatic carbocycles. The maximum atomic E-state index is 12.1. The minimum absolute atomic E-state index is 0.157. The first-order valence-electron chi connectivity index (χ1n) is 7.11. The molecule has 1 fully saturated rings. The van der Waals surface area contributed by atoms with Gasteiger partial charge in [-0.1, -0.05) is 0 Å². The molecule has 2 rings (SSSR count). The summed E-state index contributed by atoms with van der Waals surface area (Å²) in [7, 11) is -1.71. The zero-order valence-electron chi connectivity index (χ0n) is 13.0. The zero-order chi connectivity index (χ0) is 16.3. The molecule has 124 valence electrons. The van der Waals surface area contributed by atoms with Gasteiger partial charge in [0, 0.05) is 51.5 Å². The molecule has 1 aliphatic heterocycles. The number of rotatable bonds is 4. The molecular formula is C12H22N6O3S. The minimum atomic E-state index is -3.48. The summed E-state index contributed by atoms with van der Waals surface area (Å²) in [6, 6.07) is 1.27. The number of hydrogen-bond acceptors (Lipinski definition) is 4. The van der Waals surface area contributed by atoms with Crippen molar-refractivity contribution in [3.8, 4) is 0 Å². The summed E-state index contributed by atoms with van der Waals surface area (Å²) >= 11 is 0. The smallest absolute Gasteiger partial charge is 0.322 e. The molecule has 1 saturated heterocycles. The SMILES string of the molecule is CC(C)NS(=O)(=O)N1CCN(C(=O)Nc2ccn(C)n2)CC1. The third kappa shape index (κ3) is 4.18. The molecular weight excluding hydrogens is 308 g/mol. The van der Waals surface area contributed by atoms with E-state index in [4.69, 9.17) is 0 Å². The number of carbonyl (C=O) groups excluding carboxylic acids is 1. The second kappa shape index (κ2) is 6.63. The Bertz CT molecular complexity index is 619. The molecule has 2 N–H and O–H groups in total. The fourth-order valence-electron chi connectivity index (χ4n) is 2.17. The fraction of sp³-hybridized carbons (Fsp3) is 0.667. The van der Waals surface area contributed by atoms with Crippen LogP contribution in [0.5, 0.6) is 0 Å². The van der Waals surface area contributed by atoms with Crippen LogP contribution >= 0.6 is 0 Å². The second-order valence-corrected chi connectivity index (χ2v) is 7.17. The number of piperazine rings is 1. The van der Waals surface area contributed by atoms with Gasteiger partial charge in [-0.2, -0.15) is 22.5 Å². The van der Waals surface area contributed by atoms with Gasteiger partial charge >= 0.3 is 6.03 Å². The maximum absolute atomic E-state index is 12.1. The highest BCUT2D eigenvalue weighted by molar-refractivity contribution is 7.87. The van der Waals surface area contributed by atoms with E-state index in [0.29, 0.717) is 18.9 Å². The van der Waals surface area contributed by atoms with Gasteiger partial charge < -0.3 is 4.90 Å². The van der Waals surface area contributed by atoms with Crippen molar-refractivity contribution in [1.29, 1.82) is 0 Å². The maximum Gasteiger partial charge on any atom is 0.323 e. The lowest BCUT2D eigenvalue weighted by Crippen LogP contribution is -2.54. The monoisotopic (exact) mass is 330 g/mol. The number of aryl methyl sites for hydroxylation is 1. The number of anilines is 1. The number of nitrogens with one attached hydrogen (secondary N) is 2. The lowest BCUT2D eigenvalue weighted by atomic mass is 10.4. The van der Waals surface area contributed by atoms with E-state index in [1.54, 1.807) is 42.7 Å². The Balaban J connectivity index is 1.87. The molecule has 10 heteroatoms. The van der Waals surface area contributed by atoms with Crippen molar-refractivity contribution in [1.82, 2.24) is 23.7 Å². The van der Waals surface area contributed by atoms with E-state index in [1.165, 1.54) is 4.31 Å². The van der Waals surface area contributed by atoms with Crippen LogP contribution in [0.4, 0.5) is 10.6 Å². The highest BCUT2D eigenvalue weighted by atomic mass is 32.2. The highest BCUT2D eigenvalue weighted by Gasteiger charge is 2.29. The van der Waals surface area contributed by atoms with Crippen LogP contribution in [0, 0.1) is 0 Å². The predicted molar refractivity (Wildman–Crippen MR) is 82.6 cm³/mol. The zero-order valence-corrected chi connectivity index (χ0v) is 13.8. The molecule has 0 unspecified atom stereocenters. The average molecular weight is 330 g/mol. The molecule has 2 amide bonds. The lowest BCUT2D eigenvalue weighted by molar-refractivity contribution is 0.183. The molecule has 9 nitrogen and oxygen atoms in total. The summed E-state index contributed by atoms with van der Waals surface area (Å²) in [4.78, 5) is 13.7. The van der Waals surface area contributed by atoms with Gasteiger partial charge in [0.25, 0.3) is 10.2 Å². The van der Waals surface area contributed by atoms with Gasteiger partial charge in [-0.25, -0.2) is 4.79 Å². The van der Waals surface area contributed by atoms with Crippen molar-refractivity contribution < 1.29 is 13.2 Å². The van der Waals surface area contributed by atoms with Gasteiger partial charge in [0.1, 0.15) is 0 Å². The van der Waals surface area contributed by atoms with E-state index in [0.717, 1.165) is 0 Å². The van der Waals surface area contributed by atoms with Crippen molar-refractivity contribution in [2.45, 2.75) is 19.9 Å². The summed E-state index contributed by atoms with van der Waals surface area (Å²) in [5.41, 5.74) is 0. The molecule has 0 atom stereocenters. The molecule has 1 aliphatic rings. The summed E-state index contributed by atoms with van der Waals surface area (Å²) in [5, 5.41) is 6.76. The van der Waals surface area contributed by atoms with Gasteiger partial charge in [0.2, 0.25) is 0 Å². The van der Waals surface area contributed by atoms with E-state index in [2.05, 4.69) is 15.1 Å². The van der Waals surface area contributed by atoms with E-state index in [-0.39, 0.29) is 25.2 Å². The second-order valence-electron chi connectivity index (χ2n) is 5.47. The van der Waals surface area contributed by atoms with Crippen LogP contribution in [0.3, 0.4) is 0 Å². The molecule has 1 aromatic rings. The van der Waals surface area contributed by atoms with Gasteiger partial charge in [0.05, 0.1) is 0 Å². The van der Waals surface area contributed by atoms with Gasteiger partial charge in [-0.3, -0.25) is 10.00 Å². The quantitative estimate of drug-likeness (QED) is 0.799. The Morgan fingerprint density at radius 2 is 1.91 bits per heavy atom. The van der Waals surface area contributed by atoms with Crippen molar-refractivity contribution in [2.24, 2.45) is 7.05 Å². The molecule has 2 heterocycles. The molecule has 0 bridgehead atoms. The summed E-state index contributed by atoms with van der Waals surface area (Å²) in [5.74, 6) is 0.476. The Hall–Kier alpha value is -1.65. The molecule has 0 saturated carbocycles. The largest absolute Gasteiger partial charge is 0.323 e. The summed E-state index contributed by atoms with van der Waals surface area (Å²) in [6.07, 6.45) is 1.73. The van der Waals surface area contributed by atoms with E-state index in [1.807, 2.05) is 0 Å². The first-order valence-corrected chi connectivity index (χ1v) is 8.55. The number of nitrogens with zero attached hydrogens (tertiary/aromatic N) is 4. The topological polar surface area (TPSA) is 99.6 Å². The predicted octanol–water partition coefficient (Wildman–Crippen LogP) is -0.188. The van der Waals surface area contributed by atoms with Gasteiger partial charge in [0.15, 0.2) is 5.82 Å². The van der Waals surface area contributed by atoms with Crippen LogP contribution in [0.1, 0.15) is 13.8 Å². The first-order chi connectivity index (χ1) is 10.3. The third-order valence-corrected chi connectivity index (χ3v) is 5.01. The molecule has 1 aromatic heterocycles. The highest BCUT2D eigenvalue weighted by Crippen LogP contribution is 2.09. The Morgan fingerprint density at radius 1 is 1.27 bits per heavy atom. The number of amides is 2. The van der Waals surface area contributed by atoms with Crippen LogP contribution < -0.4 is 10.0 Å².